The second-order valence-electron chi connectivity index (χ2n) is 11.0. The standard InChI is InChI=1S/C37H30O/c1-23-16-21-28-31(22-23)35(27-11-6-5-10-26(27)34(28)24-17-19-25(38-4)20-18-24)30-13-9-15-33-36(30)29-12-7-8-14-32(29)37(33,2)3/h5-22H,1-4H3. The highest BCUT2D eigenvalue weighted by Crippen LogP contribution is 2.54. The summed E-state index contributed by atoms with van der Waals surface area (Å²) < 4.78 is 5.46. The average molecular weight is 491 g/mol. The van der Waals surface area contributed by atoms with Crippen LogP contribution in [0.3, 0.4) is 0 Å². The van der Waals surface area contributed by atoms with Crippen molar-refractivity contribution in [3.63, 3.8) is 0 Å². The van der Waals surface area contributed by atoms with E-state index in [-0.39, 0.29) is 5.41 Å². The predicted molar refractivity (Wildman–Crippen MR) is 161 cm³/mol. The molecule has 0 radical (unpaired) electrons. The molecule has 1 heteroatoms. The third-order valence-corrected chi connectivity index (χ3v) is 8.44. The molecule has 1 aliphatic carbocycles. The number of hydrogen-bond acceptors (Lipinski definition) is 1. The monoisotopic (exact) mass is 490 g/mol. The Labute approximate surface area is 224 Å². The van der Waals surface area contributed by atoms with Crippen LogP contribution in [0.15, 0.2) is 109 Å². The second kappa shape index (κ2) is 8.33. The third-order valence-electron chi connectivity index (χ3n) is 8.44. The Bertz CT molecular complexity index is 1870. The van der Waals surface area contributed by atoms with Crippen LogP contribution in [0.25, 0.3) is 54.9 Å². The Balaban J connectivity index is 1.64. The van der Waals surface area contributed by atoms with Crippen LogP contribution < -0.4 is 4.74 Å². The number of benzene rings is 6. The van der Waals surface area contributed by atoms with Crippen molar-refractivity contribution in [2.45, 2.75) is 26.2 Å². The fraction of sp³-hybridized carbons (Fsp3) is 0.135. The summed E-state index contributed by atoms with van der Waals surface area (Å²) in [7, 11) is 1.72. The van der Waals surface area contributed by atoms with Crippen LogP contribution in [0.4, 0.5) is 0 Å². The molecule has 184 valence electrons. The number of methoxy groups -OCH3 is 1. The van der Waals surface area contributed by atoms with Crippen molar-refractivity contribution < 1.29 is 4.74 Å². The molecule has 0 N–H and O–H groups in total. The van der Waals surface area contributed by atoms with Gasteiger partial charge >= 0.3 is 0 Å². The molecule has 0 saturated carbocycles. The molecular formula is C37H30O. The van der Waals surface area contributed by atoms with Gasteiger partial charge in [-0.05, 0) is 85.1 Å². The van der Waals surface area contributed by atoms with Crippen LogP contribution in [-0.2, 0) is 5.41 Å². The molecule has 0 unspecified atom stereocenters. The van der Waals surface area contributed by atoms with E-state index < -0.39 is 0 Å². The zero-order valence-corrected chi connectivity index (χ0v) is 22.3. The lowest BCUT2D eigenvalue weighted by atomic mass is 9.80. The van der Waals surface area contributed by atoms with Gasteiger partial charge in [-0.15, -0.1) is 0 Å². The van der Waals surface area contributed by atoms with Crippen LogP contribution in [-0.4, -0.2) is 7.11 Å². The molecule has 1 aliphatic rings. The molecule has 0 bridgehead atoms. The maximum Gasteiger partial charge on any atom is 0.118 e. The molecule has 0 atom stereocenters. The quantitative estimate of drug-likeness (QED) is 0.224. The van der Waals surface area contributed by atoms with Gasteiger partial charge in [0, 0.05) is 5.41 Å². The van der Waals surface area contributed by atoms with Gasteiger partial charge in [-0.2, -0.15) is 0 Å². The molecule has 1 nitrogen and oxygen atoms in total. The molecule has 0 amide bonds. The van der Waals surface area contributed by atoms with E-state index in [1.54, 1.807) is 7.11 Å². The minimum Gasteiger partial charge on any atom is -0.497 e. The Morgan fingerprint density at radius 1 is 0.526 bits per heavy atom. The second-order valence-corrected chi connectivity index (χ2v) is 11.0. The molecule has 6 aromatic rings. The molecule has 0 aliphatic heterocycles. The third kappa shape index (κ3) is 3.18. The van der Waals surface area contributed by atoms with Gasteiger partial charge in [0.25, 0.3) is 0 Å². The fourth-order valence-corrected chi connectivity index (χ4v) is 6.61. The van der Waals surface area contributed by atoms with E-state index >= 15 is 0 Å². The molecule has 0 spiro atoms. The lowest BCUT2D eigenvalue weighted by Gasteiger charge is -2.22. The van der Waals surface area contributed by atoms with Crippen LogP contribution in [0.2, 0.25) is 0 Å². The summed E-state index contributed by atoms with van der Waals surface area (Å²) in [6, 6.07) is 40.1. The Morgan fingerprint density at radius 2 is 1.16 bits per heavy atom. The maximum absolute atomic E-state index is 5.46. The van der Waals surface area contributed by atoms with Crippen molar-refractivity contribution in [3.05, 3.63) is 126 Å². The van der Waals surface area contributed by atoms with Crippen molar-refractivity contribution in [3.8, 4) is 39.1 Å². The number of hydrogen-bond donors (Lipinski definition) is 0. The number of fused-ring (bicyclic) bond motifs is 5. The Kier molecular flexibility index (Phi) is 5.00. The summed E-state index contributed by atoms with van der Waals surface area (Å²) in [4.78, 5) is 0. The van der Waals surface area contributed by atoms with Crippen molar-refractivity contribution in [1.29, 1.82) is 0 Å². The van der Waals surface area contributed by atoms with Crippen LogP contribution in [0.5, 0.6) is 5.75 Å². The first kappa shape index (κ1) is 22.8. The normalized spacial score (nSPS) is 13.5. The van der Waals surface area contributed by atoms with Crippen molar-refractivity contribution in [2.75, 3.05) is 7.11 Å². The van der Waals surface area contributed by atoms with Crippen molar-refractivity contribution in [1.82, 2.24) is 0 Å². The highest BCUT2D eigenvalue weighted by Gasteiger charge is 2.37. The van der Waals surface area contributed by atoms with Gasteiger partial charge in [-0.3, -0.25) is 0 Å². The largest absolute Gasteiger partial charge is 0.497 e. The Hall–Kier alpha value is -4.36. The van der Waals surface area contributed by atoms with E-state index in [2.05, 4.69) is 130 Å². The number of aryl methyl sites for hydroxylation is 1. The van der Waals surface area contributed by atoms with Gasteiger partial charge in [0.05, 0.1) is 7.11 Å². The summed E-state index contributed by atoms with van der Waals surface area (Å²) >= 11 is 0. The van der Waals surface area contributed by atoms with E-state index in [4.69, 9.17) is 4.74 Å². The smallest absolute Gasteiger partial charge is 0.118 e. The zero-order chi connectivity index (χ0) is 26.0. The fourth-order valence-electron chi connectivity index (χ4n) is 6.61. The average Bonchev–Trinajstić information content (AvgIpc) is 3.19. The van der Waals surface area contributed by atoms with E-state index in [1.165, 1.54) is 71.6 Å². The summed E-state index contributed by atoms with van der Waals surface area (Å²) in [5.41, 5.74) is 11.9. The molecule has 0 fully saturated rings. The lowest BCUT2D eigenvalue weighted by Crippen LogP contribution is -2.14. The summed E-state index contributed by atoms with van der Waals surface area (Å²) in [6.45, 7) is 6.91. The maximum atomic E-state index is 5.46. The lowest BCUT2D eigenvalue weighted by molar-refractivity contribution is 0.415. The highest BCUT2D eigenvalue weighted by atomic mass is 16.5. The van der Waals surface area contributed by atoms with E-state index in [9.17, 15) is 0 Å². The van der Waals surface area contributed by atoms with Gasteiger partial charge in [-0.1, -0.05) is 116 Å². The first-order chi connectivity index (χ1) is 18.5. The van der Waals surface area contributed by atoms with E-state index in [1.807, 2.05) is 0 Å². The first-order valence-electron chi connectivity index (χ1n) is 13.3. The number of ether oxygens (including phenoxy) is 1. The van der Waals surface area contributed by atoms with Gasteiger partial charge in [0.2, 0.25) is 0 Å². The van der Waals surface area contributed by atoms with Crippen LogP contribution in [0.1, 0.15) is 30.5 Å². The molecule has 7 rings (SSSR count). The van der Waals surface area contributed by atoms with Gasteiger partial charge < -0.3 is 4.74 Å². The first-order valence-corrected chi connectivity index (χ1v) is 13.3. The van der Waals surface area contributed by atoms with Crippen molar-refractivity contribution in [2.24, 2.45) is 0 Å². The van der Waals surface area contributed by atoms with Crippen molar-refractivity contribution >= 4 is 21.5 Å². The molecule has 0 heterocycles. The van der Waals surface area contributed by atoms with Gasteiger partial charge in [0.15, 0.2) is 0 Å². The van der Waals surface area contributed by atoms with Crippen LogP contribution in [0, 0.1) is 6.92 Å². The van der Waals surface area contributed by atoms with E-state index in [0.29, 0.717) is 0 Å². The molecule has 0 aromatic heterocycles. The summed E-state index contributed by atoms with van der Waals surface area (Å²) in [5, 5.41) is 5.13. The summed E-state index contributed by atoms with van der Waals surface area (Å²) in [6.07, 6.45) is 0. The molecule has 6 aromatic carbocycles. The predicted octanol–water partition coefficient (Wildman–Crippen LogP) is 9.95. The molecular weight excluding hydrogens is 460 g/mol. The zero-order valence-electron chi connectivity index (χ0n) is 22.3. The van der Waals surface area contributed by atoms with Gasteiger partial charge in [-0.25, -0.2) is 0 Å². The minimum absolute atomic E-state index is 0.0352. The van der Waals surface area contributed by atoms with Gasteiger partial charge in [0.1, 0.15) is 5.75 Å². The SMILES string of the molecule is COc1ccc(-c2c3ccccc3c(-c3cccc4c3-c3ccccc3C4(C)C)c3cc(C)ccc23)cc1. The van der Waals surface area contributed by atoms with E-state index in [0.717, 1.165) is 5.75 Å². The molecule has 0 saturated heterocycles. The minimum atomic E-state index is -0.0352. The topological polar surface area (TPSA) is 9.23 Å². The summed E-state index contributed by atoms with van der Waals surface area (Å²) in [5.74, 6) is 0.871. The van der Waals surface area contributed by atoms with Crippen LogP contribution >= 0.6 is 0 Å². The highest BCUT2D eigenvalue weighted by molar-refractivity contribution is 6.22. The number of rotatable bonds is 3. The Morgan fingerprint density at radius 3 is 1.92 bits per heavy atom. The molecule has 38 heavy (non-hydrogen) atoms.